The summed E-state index contributed by atoms with van der Waals surface area (Å²) in [7, 11) is -3.55. The van der Waals surface area contributed by atoms with Crippen molar-refractivity contribution in [3.8, 4) is 0 Å². The number of carbonyl (C=O) groups excluding carboxylic acids is 2. The first kappa shape index (κ1) is 25.8. The second-order valence-electron chi connectivity index (χ2n) is 7.66. The molecule has 1 fully saturated rings. The van der Waals surface area contributed by atoms with Crippen molar-refractivity contribution in [1.29, 1.82) is 0 Å². The quantitative estimate of drug-likeness (QED) is 0.291. The Morgan fingerprint density at radius 1 is 0.971 bits per heavy atom. The minimum atomic E-state index is -3.55. The molecule has 1 aliphatic rings. The Hall–Kier alpha value is -2.32. The lowest BCUT2D eigenvalue weighted by Crippen LogP contribution is -2.35. The van der Waals surface area contributed by atoms with Crippen molar-refractivity contribution in [1.82, 2.24) is 14.5 Å². The van der Waals surface area contributed by atoms with E-state index < -0.39 is 15.9 Å². The van der Waals surface area contributed by atoms with Gasteiger partial charge >= 0.3 is 0 Å². The Bertz CT molecular complexity index is 1290. The van der Waals surface area contributed by atoms with Crippen LogP contribution in [0.5, 0.6) is 0 Å². The lowest BCUT2D eigenvalue weighted by Gasteiger charge is -2.25. The fourth-order valence-electron chi connectivity index (χ4n) is 3.38. The molecule has 35 heavy (non-hydrogen) atoms. The minimum Gasteiger partial charge on any atom is -0.325 e. The van der Waals surface area contributed by atoms with Crippen LogP contribution in [0.25, 0.3) is 0 Å². The van der Waals surface area contributed by atoms with Crippen LogP contribution in [0.3, 0.4) is 0 Å². The van der Waals surface area contributed by atoms with E-state index in [-0.39, 0.29) is 21.7 Å². The summed E-state index contributed by atoms with van der Waals surface area (Å²) < 4.78 is 28.5. The molecule has 4 rings (SSSR count). The Morgan fingerprint density at radius 3 is 2.34 bits per heavy atom. The molecule has 0 saturated carbocycles. The molecule has 9 nitrogen and oxygen atoms in total. The highest BCUT2D eigenvalue weighted by atomic mass is 79.9. The third-order valence-corrected chi connectivity index (χ3v) is 9.56. The first-order valence-corrected chi connectivity index (χ1v) is 14.8. The molecule has 0 unspecified atom stereocenters. The molecule has 3 aromatic rings. The lowest BCUT2D eigenvalue weighted by molar-refractivity contribution is -0.113. The predicted octanol–water partition coefficient (Wildman–Crippen LogP) is 4.46. The van der Waals surface area contributed by atoms with Gasteiger partial charge in [-0.15, -0.1) is 10.2 Å². The van der Waals surface area contributed by atoms with Crippen LogP contribution < -0.4 is 10.6 Å². The molecule has 2 heterocycles. The normalized spacial score (nSPS) is 14.4. The number of benzene rings is 2. The largest absolute Gasteiger partial charge is 0.325 e. The first-order valence-electron chi connectivity index (χ1n) is 10.7. The zero-order valence-corrected chi connectivity index (χ0v) is 22.5. The van der Waals surface area contributed by atoms with Crippen LogP contribution in [0.15, 0.2) is 62.2 Å². The third-order valence-electron chi connectivity index (χ3n) is 5.15. The van der Waals surface area contributed by atoms with Gasteiger partial charge in [0.2, 0.25) is 21.1 Å². The molecule has 1 saturated heterocycles. The highest BCUT2D eigenvalue weighted by Crippen LogP contribution is 2.26. The smallest absolute Gasteiger partial charge is 0.257 e. The molecule has 1 aromatic heterocycles. The van der Waals surface area contributed by atoms with Gasteiger partial charge in [0, 0.05) is 28.8 Å². The molecule has 2 aromatic carbocycles. The van der Waals surface area contributed by atoms with Gasteiger partial charge in [-0.1, -0.05) is 45.4 Å². The monoisotopic (exact) mass is 595 g/mol. The fourth-order valence-corrected chi connectivity index (χ4v) is 6.71. The summed E-state index contributed by atoms with van der Waals surface area (Å²) in [6.07, 6.45) is 2.76. The molecular weight excluding hydrogens is 574 g/mol. The number of sulfonamides is 1. The second kappa shape index (κ2) is 11.6. The summed E-state index contributed by atoms with van der Waals surface area (Å²) in [5, 5.41) is 13.7. The minimum absolute atomic E-state index is 0.144. The van der Waals surface area contributed by atoms with E-state index >= 15 is 0 Å². The summed E-state index contributed by atoms with van der Waals surface area (Å²) in [6.45, 7) is 1.04. The number of amides is 2. The molecule has 0 bridgehead atoms. The number of aromatic nitrogens is 2. The van der Waals surface area contributed by atoms with Crippen molar-refractivity contribution in [3.05, 3.63) is 58.6 Å². The van der Waals surface area contributed by atoms with Gasteiger partial charge < -0.3 is 5.32 Å². The molecule has 13 heteroatoms. The second-order valence-corrected chi connectivity index (χ2v) is 12.7. The summed E-state index contributed by atoms with van der Waals surface area (Å²) in [5.74, 6) is -0.462. The molecule has 0 spiro atoms. The standard InChI is InChI=1S/C22H22BrN5O4S3/c23-16-6-8-17(9-7-16)24-19(29)14-33-22-27-26-21(34-22)25-20(30)15-4-10-18(11-5-15)35(31,32)28-12-2-1-3-13-28/h4-11H,1-3,12-14H2,(H,24,29)(H,25,26,30). The topological polar surface area (TPSA) is 121 Å². The number of hydrogen-bond donors (Lipinski definition) is 2. The molecule has 2 amide bonds. The van der Waals surface area contributed by atoms with Crippen LogP contribution >= 0.6 is 39.0 Å². The number of nitrogens with zero attached hydrogens (tertiary/aromatic N) is 3. The van der Waals surface area contributed by atoms with E-state index in [1.807, 2.05) is 12.1 Å². The van der Waals surface area contributed by atoms with E-state index in [4.69, 9.17) is 0 Å². The van der Waals surface area contributed by atoms with Gasteiger partial charge in [-0.3, -0.25) is 14.9 Å². The van der Waals surface area contributed by atoms with Gasteiger partial charge in [-0.2, -0.15) is 4.31 Å². The Kier molecular flexibility index (Phi) is 8.55. The average Bonchev–Trinajstić information content (AvgIpc) is 3.32. The van der Waals surface area contributed by atoms with E-state index in [9.17, 15) is 18.0 Å². The van der Waals surface area contributed by atoms with Crippen molar-refractivity contribution in [2.75, 3.05) is 29.5 Å². The number of carbonyl (C=O) groups is 2. The number of anilines is 2. The van der Waals surface area contributed by atoms with E-state index in [0.717, 1.165) is 35.1 Å². The number of thioether (sulfide) groups is 1. The lowest BCUT2D eigenvalue weighted by atomic mass is 10.2. The van der Waals surface area contributed by atoms with Crippen LogP contribution in [0.1, 0.15) is 29.6 Å². The fraction of sp³-hybridized carbons (Fsp3) is 0.273. The SMILES string of the molecule is O=C(CSc1nnc(NC(=O)c2ccc(S(=O)(=O)N3CCCCC3)cc2)s1)Nc1ccc(Br)cc1. The molecule has 0 aliphatic carbocycles. The molecular formula is C22H22BrN5O4S3. The van der Waals surface area contributed by atoms with Gasteiger partial charge in [0.1, 0.15) is 0 Å². The van der Waals surface area contributed by atoms with Gasteiger partial charge in [0.15, 0.2) is 4.34 Å². The maximum atomic E-state index is 12.8. The van der Waals surface area contributed by atoms with E-state index in [2.05, 4.69) is 36.8 Å². The maximum absolute atomic E-state index is 12.8. The van der Waals surface area contributed by atoms with Crippen LogP contribution in [-0.2, 0) is 14.8 Å². The number of piperidine rings is 1. The molecule has 2 N–H and O–H groups in total. The van der Waals surface area contributed by atoms with Crippen molar-refractivity contribution in [3.63, 3.8) is 0 Å². The molecule has 184 valence electrons. The number of halogens is 1. The Balaban J connectivity index is 1.29. The summed E-state index contributed by atoms with van der Waals surface area (Å²) in [4.78, 5) is 24.9. The average molecular weight is 597 g/mol. The van der Waals surface area contributed by atoms with Crippen LogP contribution in [-0.4, -0.2) is 53.6 Å². The van der Waals surface area contributed by atoms with E-state index in [0.29, 0.717) is 28.7 Å². The molecule has 1 aliphatic heterocycles. The van der Waals surface area contributed by atoms with Gasteiger partial charge in [-0.05, 0) is 61.4 Å². The van der Waals surface area contributed by atoms with E-state index in [1.54, 1.807) is 12.1 Å². The maximum Gasteiger partial charge on any atom is 0.257 e. The zero-order valence-electron chi connectivity index (χ0n) is 18.4. The van der Waals surface area contributed by atoms with Crippen LogP contribution in [0.4, 0.5) is 10.8 Å². The van der Waals surface area contributed by atoms with Crippen molar-refractivity contribution < 1.29 is 18.0 Å². The van der Waals surface area contributed by atoms with Crippen molar-refractivity contribution in [2.45, 2.75) is 28.5 Å². The predicted molar refractivity (Wildman–Crippen MR) is 140 cm³/mol. The number of nitrogens with one attached hydrogen (secondary N) is 2. The van der Waals surface area contributed by atoms with Crippen molar-refractivity contribution in [2.24, 2.45) is 0 Å². The molecule has 0 radical (unpaired) electrons. The van der Waals surface area contributed by atoms with Crippen LogP contribution in [0.2, 0.25) is 0 Å². The van der Waals surface area contributed by atoms with E-state index in [1.165, 1.54) is 40.3 Å². The zero-order chi connectivity index (χ0) is 24.8. The number of hydrogen-bond acceptors (Lipinski definition) is 8. The Labute approximate surface area is 219 Å². The Morgan fingerprint density at radius 2 is 1.66 bits per heavy atom. The highest BCUT2D eigenvalue weighted by Gasteiger charge is 2.26. The van der Waals surface area contributed by atoms with Gasteiger partial charge in [0.25, 0.3) is 5.91 Å². The highest BCUT2D eigenvalue weighted by molar-refractivity contribution is 9.10. The number of rotatable bonds is 8. The molecule has 0 atom stereocenters. The van der Waals surface area contributed by atoms with Crippen LogP contribution in [0, 0.1) is 0 Å². The summed E-state index contributed by atoms with van der Waals surface area (Å²) in [5.41, 5.74) is 1.000. The first-order chi connectivity index (χ1) is 16.8. The van der Waals surface area contributed by atoms with Gasteiger partial charge in [0.05, 0.1) is 10.6 Å². The van der Waals surface area contributed by atoms with Gasteiger partial charge in [-0.25, -0.2) is 8.42 Å². The summed E-state index contributed by atoms with van der Waals surface area (Å²) in [6, 6.07) is 13.1. The third kappa shape index (κ3) is 6.88. The summed E-state index contributed by atoms with van der Waals surface area (Å²) >= 11 is 5.71. The van der Waals surface area contributed by atoms with Crippen molar-refractivity contribution >= 4 is 71.7 Å².